The number of hydrogen-bond acceptors (Lipinski definition) is 3. The van der Waals surface area contributed by atoms with Crippen LogP contribution in [0.3, 0.4) is 0 Å². The van der Waals surface area contributed by atoms with E-state index in [1.807, 2.05) is 13.8 Å². The lowest BCUT2D eigenvalue weighted by molar-refractivity contribution is -0.161. The smallest absolute Gasteiger partial charge is 0.233 e. The predicted molar refractivity (Wildman–Crippen MR) is 83.0 cm³/mol. The van der Waals surface area contributed by atoms with Gasteiger partial charge in [0.2, 0.25) is 5.91 Å². The first kappa shape index (κ1) is 15.4. The van der Waals surface area contributed by atoms with Gasteiger partial charge in [-0.1, -0.05) is 31.5 Å². The molecular weight excluding hydrogens is 270 g/mol. The number of rotatable bonds is 4. The third-order valence-corrected chi connectivity index (χ3v) is 5.19. The molecule has 3 nitrogen and oxygen atoms in total. The third-order valence-electron chi connectivity index (χ3n) is 4.05. The molecule has 0 radical (unpaired) electrons. The molecule has 1 aliphatic heterocycles. The zero-order chi connectivity index (χ0) is 14.9. The summed E-state index contributed by atoms with van der Waals surface area (Å²) in [5.41, 5.74) is 1.74. The number of aliphatic hydroxyl groups is 1. The molecule has 20 heavy (non-hydrogen) atoms. The molecule has 0 spiro atoms. The summed E-state index contributed by atoms with van der Waals surface area (Å²) in [5.74, 6) is 0.748. The number of nitrogens with zero attached hydrogens (tertiary/aromatic N) is 1. The van der Waals surface area contributed by atoms with Crippen LogP contribution in [0.25, 0.3) is 0 Å². The van der Waals surface area contributed by atoms with E-state index in [1.54, 1.807) is 16.7 Å². The van der Waals surface area contributed by atoms with Crippen LogP contribution in [0.5, 0.6) is 0 Å². The largest absolute Gasteiger partial charge is 0.386 e. The first-order valence-corrected chi connectivity index (χ1v) is 8.00. The normalized spacial score (nSPS) is 17.2. The molecule has 1 aromatic rings. The average Bonchev–Trinajstić information content (AvgIpc) is 2.35. The van der Waals surface area contributed by atoms with Crippen molar-refractivity contribution in [3.8, 4) is 0 Å². The number of β-amino-alcohol motifs (C(OH)–C–C–N with tert-alkyl or cyclic N) is 1. The maximum atomic E-state index is 12.1. The van der Waals surface area contributed by atoms with Gasteiger partial charge >= 0.3 is 0 Å². The van der Waals surface area contributed by atoms with Gasteiger partial charge in [-0.2, -0.15) is 0 Å². The van der Waals surface area contributed by atoms with Crippen LogP contribution in [0.4, 0.5) is 0 Å². The zero-order valence-corrected chi connectivity index (χ0v) is 13.5. The molecule has 1 N–H and O–H groups in total. The minimum absolute atomic E-state index is 0.112. The highest BCUT2D eigenvalue weighted by Crippen LogP contribution is 2.30. The van der Waals surface area contributed by atoms with Gasteiger partial charge in [-0.25, -0.2) is 0 Å². The highest BCUT2D eigenvalue weighted by Gasteiger charge is 2.45. The summed E-state index contributed by atoms with van der Waals surface area (Å²) in [6.07, 6.45) is 0. The predicted octanol–water partition coefficient (Wildman–Crippen LogP) is 2.62. The first-order valence-electron chi connectivity index (χ1n) is 7.02. The molecule has 1 aliphatic rings. The number of carbonyl (C=O) groups excluding carboxylic acids is 1. The second kappa shape index (κ2) is 5.78. The highest BCUT2D eigenvalue weighted by molar-refractivity contribution is 8.00. The van der Waals surface area contributed by atoms with Crippen molar-refractivity contribution in [1.29, 1.82) is 0 Å². The molecule has 1 amide bonds. The number of thioether (sulfide) groups is 1. The fourth-order valence-electron chi connectivity index (χ4n) is 2.25. The van der Waals surface area contributed by atoms with Crippen LogP contribution < -0.4 is 0 Å². The molecule has 2 rings (SSSR count). The summed E-state index contributed by atoms with van der Waals surface area (Å²) >= 11 is 1.58. The minimum atomic E-state index is -0.681. The van der Waals surface area contributed by atoms with E-state index in [0.717, 1.165) is 4.90 Å². The molecular formula is C16H23NO2S. The lowest BCUT2D eigenvalue weighted by Gasteiger charge is -2.49. The first-order chi connectivity index (χ1) is 9.32. The standard InChI is InChI=1S/C16H23NO2S/c1-11(2)16(19)9-17(10-16)15(18)8-20-14-7-12(3)5-6-13(14)4/h5-7,11,19H,8-10H2,1-4H3. The fourth-order valence-corrected chi connectivity index (χ4v) is 3.28. The number of benzene rings is 1. The van der Waals surface area contributed by atoms with E-state index in [2.05, 4.69) is 32.0 Å². The van der Waals surface area contributed by atoms with Crippen LogP contribution in [0.1, 0.15) is 25.0 Å². The molecule has 1 aromatic carbocycles. The SMILES string of the molecule is Cc1ccc(C)c(SCC(=O)N2CC(O)(C(C)C)C2)c1. The van der Waals surface area contributed by atoms with Gasteiger partial charge in [-0.05, 0) is 31.4 Å². The number of amides is 1. The van der Waals surface area contributed by atoms with Gasteiger partial charge in [0.1, 0.15) is 5.60 Å². The van der Waals surface area contributed by atoms with Crippen molar-refractivity contribution in [3.05, 3.63) is 29.3 Å². The Morgan fingerprint density at radius 2 is 2.05 bits per heavy atom. The lowest BCUT2D eigenvalue weighted by Crippen LogP contribution is -2.66. The summed E-state index contributed by atoms with van der Waals surface area (Å²) in [6, 6.07) is 6.29. The quantitative estimate of drug-likeness (QED) is 0.868. The molecule has 1 fully saturated rings. The molecule has 0 aliphatic carbocycles. The van der Waals surface area contributed by atoms with Crippen molar-refractivity contribution in [2.45, 2.75) is 38.2 Å². The lowest BCUT2D eigenvalue weighted by atomic mass is 9.83. The van der Waals surface area contributed by atoms with Crippen LogP contribution in [-0.4, -0.2) is 40.4 Å². The molecule has 0 unspecified atom stereocenters. The Morgan fingerprint density at radius 3 is 2.65 bits per heavy atom. The van der Waals surface area contributed by atoms with E-state index in [4.69, 9.17) is 0 Å². The Labute approximate surface area is 125 Å². The second-order valence-electron chi connectivity index (χ2n) is 6.07. The van der Waals surface area contributed by atoms with Crippen LogP contribution >= 0.6 is 11.8 Å². The van der Waals surface area contributed by atoms with Crippen LogP contribution in [-0.2, 0) is 4.79 Å². The van der Waals surface area contributed by atoms with E-state index in [0.29, 0.717) is 18.8 Å². The van der Waals surface area contributed by atoms with Crippen LogP contribution in [0.2, 0.25) is 0 Å². The fraction of sp³-hybridized carbons (Fsp3) is 0.562. The van der Waals surface area contributed by atoms with Crippen LogP contribution in [0, 0.1) is 19.8 Å². The third kappa shape index (κ3) is 3.18. The summed E-state index contributed by atoms with van der Waals surface area (Å²) in [6.45, 7) is 9.05. The second-order valence-corrected chi connectivity index (χ2v) is 7.08. The Bertz CT molecular complexity index is 507. The number of likely N-dealkylation sites (tertiary alicyclic amines) is 1. The van der Waals surface area contributed by atoms with Crippen molar-refractivity contribution >= 4 is 17.7 Å². The summed E-state index contributed by atoms with van der Waals surface area (Å²) in [5, 5.41) is 10.2. The Balaban J connectivity index is 1.87. The van der Waals surface area contributed by atoms with E-state index in [-0.39, 0.29) is 11.8 Å². The molecule has 0 saturated carbocycles. The van der Waals surface area contributed by atoms with E-state index in [1.165, 1.54) is 11.1 Å². The van der Waals surface area contributed by atoms with Gasteiger partial charge in [0.15, 0.2) is 0 Å². The zero-order valence-electron chi connectivity index (χ0n) is 12.6. The Morgan fingerprint density at radius 1 is 1.40 bits per heavy atom. The monoisotopic (exact) mass is 293 g/mol. The number of carbonyl (C=O) groups is 1. The molecule has 1 saturated heterocycles. The van der Waals surface area contributed by atoms with Gasteiger partial charge in [-0.15, -0.1) is 11.8 Å². The molecule has 1 heterocycles. The topological polar surface area (TPSA) is 40.5 Å². The van der Waals surface area contributed by atoms with Crippen molar-refractivity contribution in [2.75, 3.05) is 18.8 Å². The summed E-state index contributed by atoms with van der Waals surface area (Å²) in [7, 11) is 0. The van der Waals surface area contributed by atoms with E-state index < -0.39 is 5.60 Å². The van der Waals surface area contributed by atoms with Gasteiger partial charge in [0, 0.05) is 4.90 Å². The van der Waals surface area contributed by atoms with Gasteiger partial charge in [-0.3, -0.25) is 4.79 Å². The van der Waals surface area contributed by atoms with Gasteiger partial charge in [0.05, 0.1) is 18.8 Å². The summed E-state index contributed by atoms with van der Waals surface area (Å²) < 4.78 is 0. The van der Waals surface area contributed by atoms with E-state index >= 15 is 0 Å². The molecule has 0 atom stereocenters. The molecule has 4 heteroatoms. The van der Waals surface area contributed by atoms with Crippen molar-refractivity contribution in [3.63, 3.8) is 0 Å². The maximum Gasteiger partial charge on any atom is 0.233 e. The Kier molecular flexibility index (Phi) is 4.45. The maximum absolute atomic E-state index is 12.1. The van der Waals surface area contributed by atoms with Gasteiger partial charge < -0.3 is 10.0 Å². The van der Waals surface area contributed by atoms with E-state index in [9.17, 15) is 9.90 Å². The highest BCUT2D eigenvalue weighted by atomic mass is 32.2. The summed E-state index contributed by atoms with van der Waals surface area (Å²) in [4.78, 5) is 15.0. The molecule has 0 bridgehead atoms. The average molecular weight is 293 g/mol. The van der Waals surface area contributed by atoms with Crippen LogP contribution in [0.15, 0.2) is 23.1 Å². The number of hydrogen-bond donors (Lipinski definition) is 1. The number of aryl methyl sites for hydroxylation is 2. The van der Waals surface area contributed by atoms with Crippen molar-refractivity contribution in [2.24, 2.45) is 5.92 Å². The minimum Gasteiger partial charge on any atom is -0.386 e. The van der Waals surface area contributed by atoms with Crippen molar-refractivity contribution < 1.29 is 9.90 Å². The molecule has 0 aromatic heterocycles. The van der Waals surface area contributed by atoms with Gasteiger partial charge in [0.25, 0.3) is 0 Å². The molecule has 110 valence electrons. The van der Waals surface area contributed by atoms with Crippen molar-refractivity contribution in [1.82, 2.24) is 4.90 Å². The Hall–Kier alpha value is -1.00.